The van der Waals surface area contributed by atoms with Gasteiger partial charge in [-0.05, 0) is 42.7 Å². The minimum absolute atomic E-state index is 0.149. The third-order valence-electron chi connectivity index (χ3n) is 4.62. The SMILES string of the molecule is O=S(=O)(c1ccc2c(c1)OCCCO2)N1CCC[C@H]1c1ccncc1. The number of nitrogens with zero attached hydrogens (tertiary/aromatic N) is 2. The number of sulfonamides is 1. The van der Waals surface area contributed by atoms with Crippen LogP contribution >= 0.6 is 0 Å². The van der Waals surface area contributed by atoms with Crippen LogP contribution in [0.2, 0.25) is 0 Å². The van der Waals surface area contributed by atoms with Crippen LogP contribution in [0, 0.1) is 0 Å². The van der Waals surface area contributed by atoms with Crippen molar-refractivity contribution in [1.82, 2.24) is 9.29 Å². The summed E-state index contributed by atoms with van der Waals surface area (Å²) < 4.78 is 39.2. The van der Waals surface area contributed by atoms with Crippen molar-refractivity contribution in [2.45, 2.75) is 30.2 Å². The third-order valence-corrected chi connectivity index (χ3v) is 6.52. The number of fused-ring (bicyclic) bond motifs is 1. The number of aromatic nitrogens is 1. The maximum Gasteiger partial charge on any atom is 0.243 e. The molecule has 0 radical (unpaired) electrons. The van der Waals surface area contributed by atoms with Gasteiger partial charge in [-0.15, -0.1) is 0 Å². The van der Waals surface area contributed by atoms with E-state index in [0.717, 1.165) is 24.8 Å². The smallest absolute Gasteiger partial charge is 0.243 e. The average Bonchev–Trinajstić information content (AvgIpc) is 3.02. The maximum atomic E-state index is 13.2. The predicted molar refractivity (Wildman–Crippen MR) is 92.2 cm³/mol. The van der Waals surface area contributed by atoms with E-state index in [1.807, 2.05) is 12.1 Å². The number of pyridine rings is 1. The van der Waals surface area contributed by atoms with E-state index in [-0.39, 0.29) is 10.9 Å². The summed E-state index contributed by atoms with van der Waals surface area (Å²) in [4.78, 5) is 4.27. The molecule has 1 saturated heterocycles. The third kappa shape index (κ3) is 3.09. The lowest BCUT2D eigenvalue weighted by Crippen LogP contribution is -2.30. The molecule has 132 valence electrons. The van der Waals surface area contributed by atoms with Crippen molar-refractivity contribution in [3.05, 3.63) is 48.3 Å². The van der Waals surface area contributed by atoms with Crippen molar-refractivity contribution in [3.8, 4) is 11.5 Å². The Morgan fingerprint density at radius 3 is 2.56 bits per heavy atom. The van der Waals surface area contributed by atoms with E-state index in [1.54, 1.807) is 34.9 Å². The average molecular weight is 360 g/mol. The quantitative estimate of drug-likeness (QED) is 0.842. The number of hydrogen-bond donors (Lipinski definition) is 0. The van der Waals surface area contributed by atoms with E-state index in [4.69, 9.17) is 9.47 Å². The summed E-state index contributed by atoms with van der Waals surface area (Å²) in [6.07, 6.45) is 5.84. The Balaban J connectivity index is 1.68. The Bertz CT molecular complexity index is 855. The lowest BCUT2D eigenvalue weighted by atomic mass is 10.1. The van der Waals surface area contributed by atoms with Crippen molar-refractivity contribution in [2.24, 2.45) is 0 Å². The zero-order valence-corrected chi connectivity index (χ0v) is 14.6. The van der Waals surface area contributed by atoms with Gasteiger partial charge in [0.05, 0.1) is 24.2 Å². The van der Waals surface area contributed by atoms with Gasteiger partial charge in [-0.3, -0.25) is 4.98 Å². The molecule has 0 amide bonds. The molecule has 1 atom stereocenters. The fraction of sp³-hybridized carbons (Fsp3) is 0.389. The van der Waals surface area contributed by atoms with Crippen LogP contribution in [0.1, 0.15) is 30.9 Å². The Morgan fingerprint density at radius 2 is 1.76 bits per heavy atom. The van der Waals surface area contributed by atoms with Crippen molar-refractivity contribution >= 4 is 10.0 Å². The molecular formula is C18H20N2O4S. The Morgan fingerprint density at radius 1 is 1.00 bits per heavy atom. The van der Waals surface area contributed by atoms with Crippen molar-refractivity contribution in [1.29, 1.82) is 0 Å². The molecule has 4 rings (SSSR count). The van der Waals surface area contributed by atoms with Gasteiger partial charge in [0.1, 0.15) is 0 Å². The summed E-state index contributed by atoms with van der Waals surface area (Å²) in [5.74, 6) is 1.10. The van der Waals surface area contributed by atoms with Gasteiger partial charge in [-0.1, -0.05) is 0 Å². The first-order valence-electron chi connectivity index (χ1n) is 8.48. The molecular weight excluding hydrogens is 340 g/mol. The van der Waals surface area contributed by atoms with Crippen LogP contribution < -0.4 is 9.47 Å². The predicted octanol–water partition coefficient (Wildman–Crippen LogP) is 2.77. The van der Waals surface area contributed by atoms with Gasteiger partial charge in [-0.25, -0.2) is 8.42 Å². The summed E-state index contributed by atoms with van der Waals surface area (Å²) in [6, 6.07) is 8.48. The van der Waals surface area contributed by atoms with Crippen LogP contribution in [0.3, 0.4) is 0 Å². The minimum atomic E-state index is -3.60. The number of benzene rings is 1. The number of ether oxygens (including phenoxy) is 2. The molecule has 7 heteroatoms. The zero-order valence-electron chi connectivity index (χ0n) is 13.8. The Labute approximate surface area is 147 Å². The normalized spacial score (nSPS) is 21.0. The van der Waals surface area contributed by atoms with Gasteiger partial charge in [0.2, 0.25) is 10.0 Å². The first kappa shape index (κ1) is 16.4. The molecule has 2 aliphatic heterocycles. The maximum absolute atomic E-state index is 13.2. The van der Waals surface area contributed by atoms with Crippen LogP contribution in [0.25, 0.3) is 0 Å². The fourth-order valence-electron chi connectivity index (χ4n) is 3.39. The Hall–Kier alpha value is -2.12. The molecule has 0 aliphatic carbocycles. The molecule has 0 bridgehead atoms. The topological polar surface area (TPSA) is 68.7 Å². The fourth-order valence-corrected chi connectivity index (χ4v) is 5.08. The lowest BCUT2D eigenvalue weighted by molar-refractivity contribution is 0.296. The molecule has 0 N–H and O–H groups in total. The van der Waals surface area contributed by atoms with Crippen LogP contribution in [0.15, 0.2) is 47.6 Å². The molecule has 1 aromatic heterocycles. The second-order valence-corrected chi connectivity index (χ2v) is 8.10. The first-order chi connectivity index (χ1) is 12.2. The second kappa shape index (κ2) is 6.65. The van der Waals surface area contributed by atoms with E-state index < -0.39 is 10.0 Å². The largest absolute Gasteiger partial charge is 0.490 e. The summed E-state index contributed by atoms with van der Waals surface area (Å²) >= 11 is 0. The highest BCUT2D eigenvalue weighted by Gasteiger charge is 2.36. The highest BCUT2D eigenvalue weighted by molar-refractivity contribution is 7.89. The van der Waals surface area contributed by atoms with Gasteiger partial charge in [0.25, 0.3) is 0 Å². The molecule has 3 heterocycles. The summed E-state index contributed by atoms with van der Waals surface area (Å²) in [5.41, 5.74) is 0.977. The van der Waals surface area contributed by atoms with E-state index in [1.165, 1.54) is 0 Å². The van der Waals surface area contributed by atoms with E-state index in [0.29, 0.717) is 31.3 Å². The van der Waals surface area contributed by atoms with Crippen LogP contribution in [-0.2, 0) is 10.0 Å². The monoisotopic (exact) mass is 360 g/mol. The van der Waals surface area contributed by atoms with Gasteiger partial charge in [-0.2, -0.15) is 4.31 Å². The molecule has 2 aliphatic rings. The summed E-state index contributed by atoms with van der Waals surface area (Å²) in [5, 5.41) is 0. The highest BCUT2D eigenvalue weighted by Crippen LogP contribution is 2.38. The van der Waals surface area contributed by atoms with Crippen molar-refractivity contribution in [2.75, 3.05) is 19.8 Å². The zero-order chi connectivity index (χ0) is 17.3. The van der Waals surface area contributed by atoms with Crippen LogP contribution in [0.4, 0.5) is 0 Å². The lowest BCUT2D eigenvalue weighted by Gasteiger charge is -2.24. The number of rotatable bonds is 3. The molecule has 0 spiro atoms. The second-order valence-electron chi connectivity index (χ2n) is 6.21. The number of hydrogen-bond acceptors (Lipinski definition) is 5. The molecule has 0 saturated carbocycles. The van der Waals surface area contributed by atoms with Gasteiger partial charge in [0.15, 0.2) is 11.5 Å². The van der Waals surface area contributed by atoms with E-state index in [2.05, 4.69) is 4.98 Å². The standard InChI is InChI=1S/C18H20N2O4S/c21-25(22,15-4-5-17-18(13-15)24-12-2-11-23-17)20-10-1-3-16(20)14-6-8-19-9-7-14/h4-9,13,16H,1-3,10-12H2/t16-/m0/s1. The van der Waals surface area contributed by atoms with E-state index >= 15 is 0 Å². The molecule has 0 unspecified atom stereocenters. The molecule has 6 nitrogen and oxygen atoms in total. The summed E-state index contributed by atoms with van der Waals surface area (Å²) in [7, 11) is -3.60. The Kier molecular flexibility index (Phi) is 4.35. The van der Waals surface area contributed by atoms with Gasteiger partial charge in [0, 0.05) is 31.4 Å². The minimum Gasteiger partial charge on any atom is -0.490 e. The van der Waals surface area contributed by atoms with Crippen LogP contribution in [0.5, 0.6) is 11.5 Å². The van der Waals surface area contributed by atoms with Crippen molar-refractivity contribution in [3.63, 3.8) is 0 Å². The first-order valence-corrected chi connectivity index (χ1v) is 9.92. The molecule has 1 fully saturated rings. The molecule has 1 aromatic carbocycles. The highest BCUT2D eigenvalue weighted by atomic mass is 32.2. The van der Waals surface area contributed by atoms with E-state index in [9.17, 15) is 8.42 Å². The summed E-state index contributed by atoms with van der Waals surface area (Å²) in [6.45, 7) is 1.62. The van der Waals surface area contributed by atoms with Gasteiger partial charge < -0.3 is 9.47 Å². The van der Waals surface area contributed by atoms with Gasteiger partial charge >= 0.3 is 0 Å². The van der Waals surface area contributed by atoms with Crippen molar-refractivity contribution < 1.29 is 17.9 Å². The molecule has 25 heavy (non-hydrogen) atoms. The van der Waals surface area contributed by atoms with Crippen LogP contribution in [-0.4, -0.2) is 37.5 Å². The molecule has 2 aromatic rings.